The lowest BCUT2D eigenvalue weighted by Gasteiger charge is -2.49. The molecule has 0 amide bonds. The van der Waals surface area contributed by atoms with Crippen molar-refractivity contribution in [2.75, 3.05) is 7.11 Å². The van der Waals surface area contributed by atoms with Gasteiger partial charge in [0.15, 0.2) is 0 Å². The Labute approximate surface area is 138 Å². The Kier molecular flexibility index (Phi) is 6.61. The molecule has 0 aliphatic heterocycles. The molecule has 0 heterocycles. The first kappa shape index (κ1) is 22.1. The Morgan fingerprint density at radius 2 is 1.32 bits per heavy atom. The van der Waals surface area contributed by atoms with Crippen molar-refractivity contribution in [1.29, 1.82) is 0 Å². The van der Waals surface area contributed by atoms with E-state index >= 15 is 0 Å². The van der Waals surface area contributed by atoms with Crippen molar-refractivity contribution in [2.24, 2.45) is 0 Å². The summed E-state index contributed by atoms with van der Waals surface area (Å²) in [5.74, 6) is 0.257. The van der Waals surface area contributed by atoms with Gasteiger partial charge in [-0.1, -0.05) is 39.3 Å². The topological polar surface area (TPSA) is 76.0 Å². The fraction of sp³-hybridized carbons (Fsp3) is 0.846. The van der Waals surface area contributed by atoms with E-state index in [4.69, 9.17) is 9.16 Å². The Morgan fingerprint density at radius 1 is 0.955 bits per heavy atom. The van der Waals surface area contributed by atoms with Gasteiger partial charge in [-0.3, -0.25) is 4.57 Å². The maximum absolute atomic E-state index is 12.6. The van der Waals surface area contributed by atoms with Crippen LogP contribution in [0.1, 0.15) is 0 Å². The molecule has 0 aromatic carbocycles. The molecule has 0 saturated heterocycles. The van der Waals surface area contributed by atoms with Crippen LogP contribution in [0.2, 0.25) is 58.9 Å². The van der Waals surface area contributed by atoms with Gasteiger partial charge in [-0.2, -0.15) is 0 Å². The van der Waals surface area contributed by atoms with Crippen molar-refractivity contribution in [1.82, 2.24) is 0 Å². The first-order chi connectivity index (χ1) is 9.39. The van der Waals surface area contributed by atoms with Crippen molar-refractivity contribution < 1.29 is 23.5 Å². The average molecular weight is 385 g/mol. The Hall–Kier alpha value is 0.141. The molecule has 5 nitrogen and oxygen atoms in total. The fourth-order valence-corrected chi connectivity index (χ4v) is 21.2. The molecule has 9 heteroatoms. The Balaban J connectivity index is 6.50. The van der Waals surface area contributed by atoms with E-state index in [1.165, 1.54) is 7.11 Å². The second-order valence-electron chi connectivity index (χ2n) is 8.69. The second kappa shape index (κ2) is 6.57. The molecule has 0 aromatic rings. The van der Waals surface area contributed by atoms with Crippen molar-refractivity contribution in [3.05, 3.63) is 12.0 Å². The van der Waals surface area contributed by atoms with Crippen molar-refractivity contribution >= 4 is 32.1 Å². The summed E-state index contributed by atoms with van der Waals surface area (Å²) in [6, 6.07) is 0. The maximum atomic E-state index is 12.6. The normalized spacial score (nSPS) is 15.7. The maximum Gasteiger partial charge on any atom is 0.330 e. The third-order valence-electron chi connectivity index (χ3n) is 3.68. The van der Waals surface area contributed by atoms with Gasteiger partial charge < -0.3 is 18.9 Å². The molecule has 0 radical (unpaired) electrons. The minimum atomic E-state index is -4.38. The highest BCUT2D eigenvalue weighted by atomic mass is 31.2. The van der Waals surface area contributed by atoms with Crippen LogP contribution in [-0.2, 0) is 13.7 Å². The summed E-state index contributed by atoms with van der Waals surface area (Å²) >= 11 is 0. The molecule has 0 aromatic heterocycles. The summed E-state index contributed by atoms with van der Waals surface area (Å²) < 4.78 is 22.7. The SMILES string of the molecule is COC(=CC([Si](C)(C)C)([Si](C)(C)C)P(=O)(O)O)O[Si](C)(C)C. The quantitative estimate of drug-likeness (QED) is 0.394. The number of hydrogen-bond donors (Lipinski definition) is 2. The average Bonchev–Trinajstić information content (AvgIpc) is 2.16. The number of methoxy groups -OCH3 is 1. The third-order valence-corrected chi connectivity index (χ3v) is 20.7. The van der Waals surface area contributed by atoms with E-state index in [9.17, 15) is 14.4 Å². The summed E-state index contributed by atoms with van der Waals surface area (Å²) in [4.78, 5) is 20.6. The molecule has 0 aliphatic carbocycles. The van der Waals surface area contributed by atoms with Crippen LogP contribution in [0.15, 0.2) is 12.0 Å². The number of allylic oxidation sites excluding steroid dienone is 1. The van der Waals surface area contributed by atoms with Gasteiger partial charge >= 0.3 is 7.60 Å². The van der Waals surface area contributed by atoms with Gasteiger partial charge in [0.25, 0.3) is 5.95 Å². The lowest BCUT2D eigenvalue weighted by molar-refractivity contribution is 0.145. The molecule has 0 spiro atoms. The van der Waals surface area contributed by atoms with Gasteiger partial charge in [-0.05, 0) is 19.6 Å². The molecule has 0 fully saturated rings. The Bertz CT molecular complexity index is 452. The van der Waals surface area contributed by atoms with Crippen LogP contribution in [0.3, 0.4) is 0 Å². The number of hydrogen-bond acceptors (Lipinski definition) is 3. The smallest absolute Gasteiger partial charge is 0.330 e. The molecule has 0 aliphatic rings. The minimum Gasteiger partial charge on any atom is -0.520 e. The van der Waals surface area contributed by atoms with E-state index in [0.717, 1.165) is 0 Å². The third kappa shape index (κ3) is 4.82. The second-order valence-corrected chi connectivity index (χ2v) is 26.8. The van der Waals surface area contributed by atoms with Crippen LogP contribution < -0.4 is 0 Å². The van der Waals surface area contributed by atoms with Crippen molar-refractivity contribution in [3.8, 4) is 0 Å². The van der Waals surface area contributed by atoms with E-state index in [1.54, 1.807) is 6.08 Å². The molecule has 22 heavy (non-hydrogen) atoms. The summed E-state index contributed by atoms with van der Waals surface area (Å²) in [5, 5.41) is 0. The number of rotatable bonds is 7. The molecule has 0 rings (SSSR count). The largest absolute Gasteiger partial charge is 0.520 e. The zero-order chi connectivity index (χ0) is 18.2. The van der Waals surface area contributed by atoms with E-state index in [1.807, 2.05) is 58.9 Å². The molecule has 0 unspecified atom stereocenters. The van der Waals surface area contributed by atoms with Crippen LogP contribution in [0.4, 0.5) is 0 Å². The van der Waals surface area contributed by atoms with Gasteiger partial charge in [0.05, 0.1) is 27.7 Å². The van der Waals surface area contributed by atoms with E-state index in [-0.39, 0.29) is 5.95 Å². The first-order valence-electron chi connectivity index (χ1n) is 7.40. The van der Waals surface area contributed by atoms with E-state index in [0.29, 0.717) is 0 Å². The highest BCUT2D eigenvalue weighted by Gasteiger charge is 2.62. The van der Waals surface area contributed by atoms with Gasteiger partial charge in [-0.25, -0.2) is 0 Å². The lowest BCUT2D eigenvalue weighted by Crippen LogP contribution is -2.65. The molecular formula is C13H33O5PSi3. The predicted molar refractivity (Wildman–Crippen MR) is 101 cm³/mol. The fourth-order valence-electron chi connectivity index (χ4n) is 3.12. The van der Waals surface area contributed by atoms with Gasteiger partial charge in [-0.15, -0.1) is 0 Å². The van der Waals surface area contributed by atoms with Crippen molar-refractivity contribution in [3.63, 3.8) is 0 Å². The van der Waals surface area contributed by atoms with Crippen LogP contribution >= 0.6 is 7.60 Å². The number of ether oxygens (including phenoxy) is 1. The lowest BCUT2D eigenvalue weighted by atomic mass is 10.6. The van der Waals surface area contributed by atoms with Gasteiger partial charge in [0.1, 0.15) is 0 Å². The molecule has 2 N–H and O–H groups in total. The minimum absolute atomic E-state index is 0.257. The zero-order valence-corrected chi connectivity index (χ0v) is 19.5. The molecule has 0 atom stereocenters. The Morgan fingerprint density at radius 3 is 1.50 bits per heavy atom. The summed E-state index contributed by atoms with van der Waals surface area (Å²) in [7, 11) is -9.39. The van der Waals surface area contributed by atoms with Crippen molar-refractivity contribution in [2.45, 2.75) is 63.3 Å². The summed E-state index contributed by atoms with van der Waals surface area (Å²) in [6.45, 7) is 18.1. The van der Waals surface area contributed by atoms with Crippen LogP contribution in [0.5, 0.6) is 0 Å². The molecule has 0 bridgehead atoms. The van der Waals surface area contributed by atoms with E-state index < -0.39 is 36.5 Å². The predicted octanol–water partition coefficient (Wildman–Crippen LogP) is 4.00. The monoisotopic (exact) mass is 384 g/mol. The molecule has 0 saturated carbocycles. The zero-order valence-electron chi connectivity index (χ0n) is 15.6. The highest BCUT2D eigenvalue weighted by molar-refractivity contribution is 7.62. The van der Waals surface area contributed by atoms with Gasteiger partial charge in [0, 0.05) is 6.08 Å². The summed E-state index contributed by atoms with van der Waals surface area (Å²) in [5.41, 5.74) is 0. The van der Waals surface area contributed by atoms with Crippen LogP contribution in [-0.4, -0.2) is 45.8 Å². The van der Waals surface area contributed by atoms with Crippen LogP contribution in [0.25, 0.3) is 0 Å². The van der Waals surface area contributed by atoms with E-state index in [2.05, 4.69) is 0 Å². The highest BCUT2D eigenvalue weighted by Crippen LogP contribution is 2.61. The first-order valence-corrected chi connectivity index (χ1v) is 19.4. The standard InChI is InChI=1S/C13H33O5PSi3/c1-17-12(18-22(8,9)10)11-13(19(14,15)16,20(2,3)4)21(5,6)7/h11H,1-10H3,(H2,14,15,16). The van der Waals surface area contributed by atoms with Crippen LogP contribution in [0, 0.1) is 0 Å². The van der Waals surface area contributed by atoms with Gasteiger partial charge in [0.2, 0.25) is 8.32 Å². The summed E-state index contributed by atoms with van der Waals surface area (Å²) in [6.07, 6.45) is 1.63. The molecular weight excluding hydrogens is 351 g/mol. The molecule has 132 valence electrons.